The molecule has 0 aliphatic carbocycles. The lowest BCUT2D eigenvalue weighted by Crippen LogP contribution is -2.44. The summed E-state index contributed by atoms with van der Waals surface area (Å²) >= 11 is 0. The predicted octanol–water partition coefficient (Wildman–Crippen LogP) is -0.0175. The molecule has 0 spiro atoms. The number of nitrogens with zero attached hydrogens (tertiary/aromatic N) is 1. The first-order valence-corrected chi connectivity index (χ1v) is 5.32. The van der Waals surface area contributed by atoms with Crippen LogP contribution in [-0.4, -0.2) is 36.9 Å². The predicted molar refractivity (Wildman–Crippen MR) is 53.2 cm³/mol. The molecule has 0 aromatic rings. The standard InChI is InChI=1S/C7H17N3O2S/c1-7(2,3)13(11,12)10(4)5-6(8)9/h5H2,1-4H3,(H3,8,9). The van der Waals surface area contributed by atoms with E-state index in [4.69, 9.17) is 11.1 Å². The van der Waals surface area contributed by atoms with Crippen molar-refractivity contribution < 1.29 is 8.42 Å². The molecular formula is C7H17N3O2S. The second kappa shape index (κ2) is 3.63. The maximum absolute atomic E-state index is 11.7. The van der Waals surface area contributed by atoms with Gasteiger partial charge in [0.2, 0.25) is 10.0 Å². The third-order valence-corrected chi connectivity index (χ3v) is 4.07. The quantitative estimate of drug-likeness (QED) is 0.503. The van der Waals surface area contributed by atoms with Crippen molar-refractivity contribution in [2.24, 2.45) is 5.73 Å². The van der Waals surface area contributed by atoms with E-state index in [1.807, 2.05) is 0 Å². The normalized spacial score (nSPS) is 13.3. The molecule has 3 N–H and O–H groups in total. The molecule has 0 fully saturated rings. The zero-order chi connectivity index (χ0) is 10.9. The van der Waals surface area contributed by atoms with Crippen molar-refractivity contribution in [1.29, 1.82) is 5.41 Å². The molecule has 0 unspecified atom stereocenters. The topological polar surface area (TPSA) is 87.2 Å². The van der Waals surface area contributed by atoms with Crippen molar-refractivity contribution in [2.45, 2.75) is 25.5 Å². The molecule has 5 nitrogen and oxygen atoms in total. The van der Waals surface area contributed by atoms with Crippen LogP contribution in [0, 0.1) is 5.41 Å². The van der Waals surface area contributed by atoms with Crippen LogP contribution in [0.3, 0.4) is 0 Å². The Labute approximate surface area is 79.5 Å². The Hall–Kier alpha value is -0.620. The van der Waals surface area contributed by atoms with Gasteiger partial charge in [-0.2, -0.15) is 4.31 Å². The number of amidine groups is 1. The van der Waals surface area contributed by atoms with Crippen LogP contribution in [0.2, 0.25) is 0 Å². The van der Waals surface area contributed by atoms with E-state index in [-0.39, 0.29) is 12.4 Å². The Morgan fingerprint density at radius 3 is 2.08 bits per heavy atom. The van der Waals surface area contributed by atoms with Crippen molar-refractivity contribution in [3.63, 3.8) is 0 Å². The molecule has 0 aromatic heterocycles. The van der Waals surface area contributed by atoms with E-state index in [0.717, 1.165) is 4.31 Å². The Morgan fingerprint density at radius 2 is 1.85 bits per heavy atom. The lowest BCUT2D eigenvalue weighted by molar-refractivity contribution is 0.473. The first-order chi connectivity index (χ1) is 5.59. The van der Waals surface area contributed by atoms with Gasteiger partial charge in [0.25, 0.3) is 0 Å². The summed E-state index contributed by atoms with van der Waals surface area (Å²) in [5.41, 5.74) is 5.11. The van der Waals surface area contributed by atoms with Gasteiger partial charge in [0.1, 0.15) is 5.84 Å². The van der Waals surface area contributed by atoms with Gasteiger partial charge in [-0.3, -0.25) is 5.41 Å². The molecule has 0 rings (SSSR count). The van der Waals surface area contributed by atoms with E-state index < -0.39 is 14.8 Å². The maximum Gasteiger partial charge on any atom is 0.219 e. The van der Waals surface area contributed by atoms with Crippen LogP contribution in [0.25, 0.3) is 0 Å². The number of likely N-dealkylation sites (N-methyl/N-ethyl adjacent to an activating group) is 1. The molecule has 0 aliphatic heterocycles. The number of nitrogens with two attached hydrogens (primary N) is 1. The number of hydrogen-bond acceptors (Lipinski definition) is 3. The zero-order valence-corrected chi connectivity index (χ0v) is 9.27. The summed E-state index contributed by atoms with van der Waals surface area (Å²) < 4.78 is 23.6. The molecular weight excluding hydrogens is 190 g/mol. The number of rotatable bonds is 3. The van der Waals surface area contributed by atoms with E-state index in [0.29, 0.717) is 0 Å². The van der Waals surface area contributed by atoms with Crippen LogP contribution in [-0.2, 0) is 10.0 Å². The molecule has 78 valence electrons. The van der Waals surface area contributed by atoms with Gasteiger partial charge in [-0.15, -0.1) is 0 Å². The van der Waals surface area contributed by atoms with Gasteiger partial charge in [0, 0.05) is 7.05 Å². The van der Waals surface area contributed by atoms with Gasteiger partial charge >= 0.3 is 0 Å². The Balaban J connectivity index is 4.77. The molecule has 0 heterocycles. The second-order valence-corrected chi connectivity index (χ2v) is 6.70. The lowest BCUT2D eigenvalue weighted by atomic mass is 10.3. The average Bonchev–Trinajstić information content (AvgIpc) is 1.82. The van der Waals surface area contributed by atoms with Gasteiger partial charge in [-0.1, -0.05) is 0 Å². The molecule has 0 aliphatic rings. The summed E-state index contributed by atoms with van der Waals surface area (Å²) in [6.45, 7) is 4.77. The number of sulfonamides is 1. The van der Waals surface area contributed by atoms with Crippen molar-refractivity contribution in [3.05, 3.63) is 0 Å². The molecule has 6 heteroatoms. The van der Waals surface area contributed by atoms with Crippen LogP contribution in [0.1, 0.15) is 20.8 Å². The summed E-state index contributed by atoms with van der Waals surface area (Å²) in [5.74, 6) is -0.157. The summed E-state index contributed by atoms with van der Waals surface area (Å²) in [7, 11) is -1.94. The molecule has 0 radical (unpaired) electrons. The SMILES string of the molecule is CN(CC(=N)N)S(=O)(=O)C(C)(C)C. The van der Waals surface area contributed by atoms with Crippen molar-refractivity contribution in [3.8, 4) is 0 Å². The van der Waals surface area contributed by atoms with Gasteiger partial charge in [-0.25, -0.2) is 8.42 Å². The van der Waals surface area contributed by atoms with Crippen LogP contribution < -0.4 is 5.73 Å². The lowest BCUT2D eigenvalue weighted by Gasteiger charge is -2.26. The van der Waals surface area contributed by atoms with Crippen LogP contribution >= 0.6 is 0 Å². The fraction of sp³-hybridized carbons (Fsp3) is 0.857. The summed E-state index contributed by atoms with van der Waals surface area (Å²) in [5, 5.41) is 6.98. The highest BCUT2D eigenvalue weighted by atomic mass is 32.2. The second-order valence-electron chi connectivity index (χ2n) is 3.90. The Kier molecular flexibility index (Phi) is 3.46. The first kappa shape index (κ1) is 12.4. The number of hydrogen-bond donors (Lipinski definition) is 2. The molecule has 13 heavy (non-hydrogen) atoms. The van der Waals surface area contributed by atoms with E-state index >= 15 is 0 Å². The van der Waals surface area contributed by atoms with Crippen molar-refractivity contribution in [1.82, 2.24) is 4.31 Å². The van der Waals surface area contributed by atoms with E-state index in [2.05, 4.69) is 0 Å². The Morgan fingerprint density at radius 1 is 1.46 bits per heavy atom. The highest BCUT2D eigenvalue weighted by Crippen LogP contribution is 2.18. The summed E-state index contributed by atoms with van der Waals surface area (Å²) in [6.07, 6.45) is 0. The maximum atomic E-state index is 11.7. The molecule has 0 aromatic carbocycles. The first-order valence-electron chi connectivity index (χ1n) is 3.88. The molecule has 0 saturated carbocycles. The van der Waals surface area contributed by atoms with Gasteiger partial charge in [-0.05, 0) is 20.8 Å². The van der Waals surface area contributed by atoms with Gasteiger partial charge < -0.3 is 5.73 Å². The van der Waals surface area contributed by atoms with Crippen molar-refractivity contribution in [2.75, 3.05) is 13.6 Å². The largest absolute Gasteiger partial charge is 0.387 e. The zero-order valence-electron chi connectivity index (χ0n) is 8.46. The minimum Gasteiger partial charge on any atom is -0.387 e. The van der Waals surface area contributed by atoms with Crippen molar-refractivity contribution >= 4 is 15.9 Å². The summed E-state index contributed by atoms with van der Waals surface area (Å²) in [4.78, 5) is 0. The monoisotopic (exact) mass is 207 g/mol. The van der Waals surface area contributed by atoms with E-state index in [1.165, 1.54) is 7.05 Å². The smallest absolute Gasteiger partial charge is 0.219 e. The highest BCUT2D eigenvalue weighted by molar-refractivity contribution is 7.90. The minimum atomic E-state index is -3.36. The summed E-state index contributed by atoms with van der Waals surface area (Å²) in [6, 6.07) is 0. The third kappa shape index (κ3) is 2.96. The van der Waals surface area contributed by atoms with Crippen LogP contribution in [0.15, 0.2) is 0 Å². The highest BCUT2D eigenvalue weighted by Gasteiger charge is 2.33. The van der Waals surface area contributed by atoms with E-state index in [1.54, 1.807) is 20.8 Å². The Bertz CT molecular complexity index is 289. The molecule has 0 amide bonds. The number of nitrogens with one attached hydrogen (secondary N) is 1. The minimum absolute atomic E-state index is 0.0559. The van der Waals surface area contributed by atoms with Crippen LogP contribution in [0.5, 0.6) is 0 Å². The van der Waals surface area contributed by atoms with Gasteiger partial charge in [0.05, 0.1) is 11.3 Å². The fourth-order valence-corrected chi connectivity index (χ4v) is 2.04. The van der Waals surface area contributed by atoms with E-state index in [9.17, 15) is 8.42 Å². The molecule has 0 saturated heterocycles. The fourth-order valence-electron chi connectivity index (χ4n) is 0.792. The molecule has 0 bridgehead atoms. The average molecular weight is 207 g/mol. The third-order valence-electron chi connectivity index (χ3n) is 1.58. The molecule has 0 atom stereocenters. The van der Waals surface area contributed by atoms with Gasteiger partial charge in [0.15, 0.2) is 0 Å². The van der Waals surface area contributed by atoms with Crippen LogP contribution in [0.4, 0.5) is 0 Å².